The fourth-order valence-corrected chi connectivity index (χ4v) is 3.49. The zero-order chi connectivity index (χ0) is 18.6. The highest BCUT2D eigenvalue weighted by Gasteiger charge is 2.26. The van der Waals surface area contributed by atoms with E-state index in [1.165, 1.54) is 11.9 Å². The number of amides is 1. The smallest absolute Gasteiger partial charge is 0.271 e. The summed E-state index contributed by atoms with van der Waals surface area (Å²) >= 11 is 0. The van der Waals surface area contributed by atoms with Crippen LogP contribution in [0.25, 0.3) is 0 Å². The van der Waals surface area contributed by atoms with E-state index in [-0.39, 0.29) is 5.91 Å². The molecule has 1 fully saturated rings. The molecule has 0 bridgehead atoms. The van der Waals surface area contributed by atoms with Crippen molar-refractivity contribution in [1.29, 1.82) is 0 Å². The normalized spacial score (nSPS) is 16.9. The Morgan fingerprint density at radius 2 is 2.22 bits per heavy atom. The predicted molar refractivity (Wildman–Crippen MR) is 103 cm³/mol. The van der Waals surface area contributed by atoms with Crippen molar-refractivity contribution in [3.8, 4) is 0 Å². The van der Waals surface area contributed by atoms with Crippen LogP contribution in [0.5, 0.6) is 0 Å². The molecule has 0 spiro atoms. The number of pyridine rings is 2. The van der Waals surface area contributed by atoms with Crippen LogP contribution in [0.4, 0.5) is 11.6 Å². The molecule has 0 radical (unpaired) electrons. The summed E-state index contributed by atoms with van der Waals surface area (Å²) in [6.07, 6.45) is 6.96. The van der Waals surface area contributed by atoms with Gasteiger partial charge < -0.3 is 15.2 Å². The monoisotopic (exact) mass is 362 g/mol. The molecule has 2 N–H and O–H groups in total. The number of hydrogen-bond acceptors (Lipinski definition) is 5. The van der Waals surface area contributed by atoms with Crippen LogP contribution in [0, 0.1) is 6.92 Å². The quantitative estimate of drug-likeness (QED) is 0.744. The number of nitrogens with zero attached hydrogens (tertiary/aromatic N) is 4. The Hall–Kier alpha value is -3.22. The van der Waals surface area contributed by atoms with Crippen LogP contribution in [-0.2, 0) is 0 Å². The number of carbonyl (C=O) groups excluding carboxylic acids is 1. The summed E-state index contributed by atoms with van der Waals surface area (Å²) in [6.45, 7) is 3.43. The first kappa shape index (κ1) is 17.2. The molecule has 4 heterocycles. The average Bonchev–Trinajstić information content (AvgIpc) is 3.23. The van der Waals surface area contributed by atoms with E-state index in [0.717, 1.165) is 36.7 Å². The Balaban J connectivity index is 1.48. The number of imidazole rings is 1. The summed E-state index contributed by atoms with van der Waals surface area (Å²) < 4.78 is 0. The Kier molecular flexibility index (Phi) is 4.82. The number of aryl methyl sites for hydroxylation is 1. The molecular formula is C20H22N6O. The van der Waals surface area contributed by atoms with Gasteiger partial charge in [-0.25, -0.2) is 15.0 Å². The predicted octanol–water partition coefficient (Wildman–Crippen LogP) is 3.27. The van der Waals surface area contributed by atoms with Gasteiger partial charge in [-0.1, -0.05) is 6.07 Å². The fourth-order valence-electron chi connectivity index (χ4n) is 3.49. The molecule has 1 amide bonds. The third-order valence-corrected chi connectivity index (χ3v) is 4.84. The van der Waals surface area contributed by atoms with E-state index in [9.17, 15) is 4.79 Å². The molecule has 1 aliphatic heterocycles. The number of hydrogen-bond donors (Lipinski definition) is 2. The molecule has 7 heteroatoms. The number of aromatic amines is 1. The molecule has 3 aromatic rings. The summed E-state index contributed by atoms with van der Waals surface area (Å²) in [5.41, 5.74) is 2.68. The van der Waals surface area contributed by atoms with Crippen LogP contribution in [0.15, 0.2) is 49.1 Å². The number of rotatable bonds is 4. The number of piperidine rings is 1. The van der Waals surface area contributed by atoms with E-state index in [2.05, 4.69) is 31.3 Å². The highest BCUT2D eigenvalue weighted by molar-refractivity contribution is 5.92. The van der Waals surface area contributed by atoms with Gasteiger partial charge in [-0.15, -0.1) is 0 Å². The van der Waals surface area contributed by atoms with E-state index in [1.54, 1.807) is 6.20 Å². The number of aromatic nitrogens is 4. The van der Waals surface area contributed by atoms with Crippen molar-refractivity contribution in [2.24, 2.45) is 0 Å². The number of anilines is 2. The Morgan fingerprint density at radius 1 is 1.30 bits per heavy atom. The maximum absolute atomic E-state index is 12.6. The van der Waals surface area contributed by atoms with E-state index in [1.807, 2.05) is 42.3 Å². The van der Waals surface area contributed by atoms with Gasteiger partial charge in [0.05, 0.1) is 12.5 Å². The number of carbonyl (C=O) groups is 1. The first-order valence-electron chi connectivity index (χ1n) is 9.13. The highest BCUT2D eigenvalue weighted by atomic mass is 16.2. The zero-order valence-electron chi connectivity index (χ0n) is 15.2. The molecular weight excluding hydrogens is 340 g/mol. The first-order valence-corrected chi connectivity index (χ1v) is 9.13. The highest BCUT2D eigenvalue weighted by Crippen LogP contribution is 2.29. The molecule has 138 valence electrons. The number of likely N-dealkylation sites (tertiary alicyclic amines) is 1. The number of H-pyrrole nitrogens is 1. The van der Waals surface area contributed by atoms with Gasteiger partial charge in [-0.3, -0.25) is 4.79 Å². The SMILES string of the molecule is Cc1cccc(Nc2cc([C@H]3CCCN(C(=O)c4cnc[nH]4)C3)ccn2)n1. The standard InChI is InChI=1S/C20H22N6O/c1-14-4-2-6-18(24-14)25-19-10-15(7-8-22-19)16-5-3-9-26(12-16)20(27)17-11-21-13-23-17/h2,4,6-8,10-11,13,16H,3,5,9,12H2,1H3,(H,21,23)(H,22,24,25)/t16-/m0/s1. The minimum Gasteiger partial charge on any atom is -0.341 e. The minimum atomic E-state index is 0.00793. The average molecular weight is 362 g/mol. The lowest BCUT2D eigenvalue weighted by Gasteiger charge is -2.32. The molecule has 0 aromatic carbocycles. The van der Waals surface area contributed by atoms with Crippen molar-refractivity contribution >= 4 is 17.5 Å². The van der Waals surface area contributed by atoms with Crippen molar-refractivity contribution in [2.45, 2.75) is 25.7 Å². The van der Waals surface area contributed by atoms with Gasteiger partial charge in [0.25, 0.3) is 5.91 Å². The van der Waals surface area contributed by atoms with Gasteiger partial charge in [0, 0.05) is 30.9 Å². The third kappa shape index (κ3) is 3.97. The second-order valence-electron chi connectivity index (χ2n) is 6.82. The molecule has 0 saturated carbocycles. The van der Waals surface area contributed by atoms with Crippen molar-refractivity contribution in [2.75, 3.05) is 18.4 Å². The topological polar surface area (TPSA) is 86.8 Å². The Bertz CT molecular complexity index is 924. The second kappa shape index (κ2) is 7.57. The molecule has 1 saturated heterocycles. The van der Waals surface area contributed by atoms with Crippen molar-refractivity contribution < 1.29 is 4.79 Å². The largest absolute Gasteiger partial charge is 0.341 e. The second-order valence-corrected chi connectivity index (χ2v) is 6.82. The van der Waals surface area contributed by atoms with Gasteiger partial charge in [0.2, 0.25) is 0 Å². The lowest BCUT2D eigenvalue weighted by atomic mass is 9.91. The van der Waals surface area contributed by atoms with E-state index in [0.29, 0.717) is 18.2 Å². The van der Waals surface area contributed by atoms with Gasteiger partial charge in [-0.05, 0) is 49.6 Å². The maximum Gasteiger partial charge on any atom is 0.271 e. The third-order valence-electron chi connectivity index (χ3n) is 4.84. The van der Waals surface area contributed by atoms with Crippen LogP contribution in [0.3, 0.4) is 0 Å². The molecule has 7 nitrogen and oxygen atoms in total. The first-order chi connectivity index (χ1) is 13.2. The van der Waals surface area contributed by atoms with Gasteiger partial charge in [0.1, 0.15) is 17.3 Å². The van der Waals surface area contributed by atoms with E-state index >= 15 is 0 Å². The molecule has 4 rings (SSSR count). The maximum atomic E-state index is 12.6. The molecule has 0 aliphatic carbocycles. The van der Waals surface area contributed by atoms with Crippen molar-refractivity contribution in [1.82, 2.24) is 24.8 Å². The molecule has 27 heavy (non-hydrogen) atoms. The Labute approximate surface area is 157 Å². The van der Waals surface area contributed by atoms with Crippen LogP contribution in [-0.4, -0.2) is 43.8 Å². The van der Waals surface area contributed by atoms with Crippen LogP contribution >= 0.6 is 0 Å². The molecule has 1 atom stereocenters. The van der Waals surface area contributed by atoms with Gasteiger partial charge in [-0.2, -0.15) is 0 Å². The van der Waals surface area contributed by atoms with Crippen LogP contribution in [0.2, 0.25) is 0 Å². The summed E-state index contributed by atoms with van der Waals surface area (Å²) in [6, 6.07) is 9.94. The summed E-state index contributed by atoms with van der Waals surface area (Å²) in [5.74, 6) is 1.84. The van der Waals surface area contributed by atoms with Gasteiger partial charge >= 0.3 is 0 Å². The lowest BCUT2D eigenvalue weighted by molar-refractivity contribution is 0.0702. The molecule has 0 unspecified atom stereocenters. The van der Waals surface area contributed by atoms with Crippen molar-refractivity contribution in [3.63, 3.8) is 0 Å². The van der Waals surface area contributed by atoms with Crippen LogP contribution < -0.4 is 5.32 Å². The van der Waals surface area contributed by atoms with E-state index in [4.69, 9.17) is 0 Å². The summed E-state index contributed by atoms with van der Waals surface area (Å²) in [4.78, 5) is 30.2. The van der Waals surface area contributed by atoms with E-state index < -0.39 is 0 Å². The van der Waals surface area contributed by atoms with Crippen molar-refractivity contribution in [3.05, 3.63) is 66.0 Å². The summed E-state index contributed by atoms with van der Waals surface area (Å²) in [7, 11) is 0. The summed E-state index contributed by atoms with van der Waals surface area (Å²) in [5, 5.41) is 3.26. The van der Waals surface area contributed by atoms with Gasteiger partial charge in [0.15, 0.2) is 0 Å². The van der Waals surface area contributed by atoms with Crippen LogP contribution in [0.1, 0.15) is 40.5 Å². The fraction of sp³-hybridized carbons (Fsp3) is 0.300. The Morgan fingerprint density at radius 3 is 3.04 bits per heavy atom. The zero-order valence-corrected chi connectivity index (χ0v) is 15.2. The lowest BCUT2D eigenvalue weighted by Crippen LogP contribution is -2.39. The minimum absolute atomic E-state index is 0.00793. The molecule has 3 aromatic heterocycles. The number of nitrogens with one attached hydrogen (secondary N) is 2. The molecule has 1 aliphatic rings.